The largest absolute Gasteiger partial charge is 0.467 e. The van der Waals surface area contributed by atoms with Crippen LogP contribution in [0.4, 0.5) is 0 Å². The molecule has 2 aromatic heterocycles. The molecule has 0 fully saturated rings. The molecule has 22 heavy (non-hydrogen) atoms. The summed E-state index contributed by atoms with van der Waals surface area (Å²) in [7, 11) is 1.48. The van der Waals surface area contributed by atoms with Gasteiger partial charge in [-0.3, -0.25) is 9.78 Å². The predicted molar refractivity (Wildman–Crippen MR) is 82.6 cm³/mol. The highest BCUT2D eigenvalue weighted by Gasteiger charge is 2.24. The summed E-state index contributed by atoms with van der Waals surface area (Å²) >= 11 is 0. The minimum Gasteiger partial charge on any atom is -0.467 e. The van der Waals surface area contributed by atoms with Gasteiger partial charge in [-0.1, -0.05) is 6.92 Å². The minimum absolute atomic E-state index is 0.0125. The van der Waals surface area contributed by atoms with Crippen LogP contribution in [0.3, 0.4) is 0 Å². The fourth-order valence-electron chi connectivity index (χ4n) is 2.43. The zero-order valence-corrected chi connectivity index (χ0v) is 13.1. The second-order valence-electron chi connectivity index (χ2n) is 4.72. The summed E-state index contributed by atoms with van der Waals surface area (Å²) in [6.45, 7) is 4.60. The second-order valence-corrected chi connectivity index (χ2v) is 4.72. The van der Waals surface area contributed by atoms with Crippen LogP contribution in [-0.2, 0) is 0 Å². The number of aromatic nitrogens is 3. The number of nitrogens with zero attached hydrogens (tertiary/aromatic N) is 4. The first-order valence-corrected chi connectivity index (χ1v) is 7.29. The highest BCUT2D eigenvalue weighted by Crippen LogP contribution is 2.25. The molecule has 0 aliphatic rings. The maximum atomic E-state index is 12.8. The Balaban J connectivity index is 2.31. The molecule has 1 atom stereocenters. The molecular weight excluding hydrogens is 280 g/mol. The standard InChI is InChI=1S/C16H20N4O2/c1-4-14(12-6-9-17-10-7-12)20(5-2)15(21)13-8-11-18-16(19-13)22-3/h6-11,14H,4-5H2,1-3H3. The van der Waals surface area contributed by atoms with Gasteiger partial charge in [0.25, 0.3) is 5.91 Å². The van der Waals surface area contributed by atoms with Gasteiger partial charge in [0.1, 0.15) is 5.69 Å². The fourth-order valence-corrected chi connectivity index (χ4v) is 2.43. The third-order valence-electron chi connectivity index (χ3n) is 3.49. The number of carbonyl (C=O) groups excluding carboxylic acids is 1. The van der Waals surface area contributed by atoms with Gasteiger partial charge in [0, 0.05) is 25.1 Å². The molecule has 0 bridgehead atoms. The summed E-state index contributed by atoms with van der Waals surface area (Å²) in [6, 6.07) is 5.66. The molecule has 1 unspecified atom stereocenters. The van der Waals surface area contributed by atoms with Gasteiger partial charge in [0.2, 0.25) is 0 Å². The van der Waals surface area contributed by atoms with E-state index >= 15 is 0 Å². The quantitative estimate of drug-likeness (QED) is 0.820. The van der Waals surface area contributed by atoms with E-state index in [1.165, 1.54) is 13.3 Å². The Morgan fingerprint density at radius 3 is 2.55 bits per heavy atom. The van der Waals surface area contributed by atoms with Gasteiger partial charge in [-0.15, -0.1) is 0 Å². The summed E-state index contributed by atoms with van der Waals surface area (Å²) in [4.78, 5) is 26.7. The first-order valence-electron chi connectivity index (χ1n) is 7.29. The van der Waals surface area contributed by atoms with Crippen molar-refractivity contribution in [3.05, 3.63) is 48.0 Å². The lowest BCUT2D eigenvalue weighted by Crippen LogP contribution is -2.35. The number of carbonyl (C=O) groups is 1. The fraction of sp³-hybridized carbons (Fsp3) is 0.375. The van der Waals surface area contributed by atoms with Crippen molar-refractivity contribution < 1.29 is 9.53 Å². The monoisotopic (exact) mass is 300 g/mol. The van der Waals surface area contributed by atoms with E-state index in [-0.39, 0.29) is 18.0 Å². The number of hydrogen-bond acceptors (Lipinski definition) is 5. The van der Waals surface area contributed by atoms with Crippen molar-refractivity contribution in [3.63, 3.8) is 0 Å². The first-order chi connectivity index (χ1) is 10.7. The van der Waals surface area contributed by atoms with Crippen molar-refractivity contribution in [1.82, 2.24) is 19.9 Å². The van der Waals surface area contributed by atoms with E-state index in [2.05, 4.69) is 21.9 Å². The van der Waals surface area contributed by atoms with E-state index in [4.69, 9.17) is 4.74 Å². The average molecular weight is 300 g/mol. The lowest BCUT2D eigenvalue weighted by Gasteiger charge is -2.30. The van der Waals surface area contributed by atoms with Crippen LogP contribution in [0.25, 0.3) is 0 Å². The molecule has 0 N–H and O–H groups in total. The summed E-state index contributed by atoms with van der Waals surface area (Å²) in [6.07, 6.45) is 5.82. The molecule has 0 aliphatic heterocycles. The van der Waals surface area contributed by atoms with Crippen molar-refractivity contribution in [2.24, 2.45) is 0 Å². The van der Waals surface area contributed by atoms with Crippen molar-refractivity contribution in [2.75, 3.05) is 13.7 Å². The molecule has 2 heterocycles. The molecule has 2 rings (SSSR count). The maximum Gasteiger partial charge on any atom is 0.316 e. The Morgan fingerprint density at radius 2 is 1.95 bits per heavy atom. The van der Waals surface area contributed by atoms with Gasteiger partial charge in [-0.2, -0.15) is 4.98 Å². The van der Waals surface area contributed by atoms with Crippen LogP contribution in [-0.4, -0.2) is 39.4 Å². The van der Waals surface area contributed by atoms with Gasteiger partial charge in [-0.25, -0.2) is 4.98 Å². The van der Waals surface area contributed by atoms with E-state index in [1.54, 1.807) is 23.4 Å². The molecule has 116 valence electrons. The Kier molecular flexibility index (Phi) is 5.41. The Hall–Kier alpha value is -2.50. The van der Waals surface area contributed by atoms with Crippen molar-refractivity contribution in [1.29, 1.82) is 0 Å². The molecule has 0 aliphatic carbocycles. The van der Waals surface area contributed by atoms with Gasteiger partial charge in [0.15, 0.2) is 0 Å². The lowest BCUT2D eigenvalue weighted by molar-refractivity contribution is 0.0675. The summed E-state index contributed by atoms with van der Waals surface area (Å²) < 4.78 is 4.99. The summed E-state index contributed by atoms with van der Waals surface area (Å²) in [5.74, 6) is -0.133. The molecule has 0 saturated heterocycles. The molecule has 6 nitrogen and oxygen atoms in total. The molecule has 6 heteroatoms. The van der Waals surface area contributed by atoms with E-state index < -0.39 is 0 Å². The number of rotatable bonds is 6. The molecule has 0 aromatic carbocycles. The van der Waals surface area contributed by atoms with Crippen LogP contribution in [0.15, 0.2) is 36.8 Å². The van der Waals surface area contributed by atoms with Crippen LogP contribution >= 0.6 is 0 Å². The number of pyridine rings is 1. The molecule has 2 aromatic rings. The van der Waals surface area contributed by atoms with Crippen molar-refractivity contribution in [3.8, 4) is 6.01 Å². The van der Waals surface area contributed by atoms with Crippen LogP contribution < -0.4 is 4.74 Å². The van der Waals surface area contributed by atoms with Gasteiger partial charge in [-0.05, 0) is 37.1 Å². The zero-order chi connectivity index (χ0) is 15.9. The van der Waals surface area contributed by atoms with Crippen LogP contribution in [0.5, 0.6) is 6.01 Å². The van der Waals surface area contributed by atoms with Gasteiger partial charge in [0.05, 0.1) is 13.2 Å². The zero-order valence-electron chi connectivity index (χ0n) is 13.1. The average Bonchev–Trinajstić information content (AvgIpc) is 2.59. The normalized spacial score (nSPS) is 11.8. The SMILES string of the molecule is CCC(c1ccncc1)N(CC)C(=O)c1ccnc(OC)n1. The Labute approximate surface area is 130 Å². The topological polar surface area (TPSA) is 68.2 Å². The molecule has 0 saturated carbocycles. The molecule has 0 radical (unpaired) electrons. The minimum atomic E-state index is -0.133. The van der Waals surface area contributed by atoms with Crippen molar-refractivity contribution >= 4 is 5.91 Å². The second kappa shape index (κ2) is 7.49. The van der Waals surface area contributed by atoms with Crippen LogP contribution in [0.1, 0.15) is 42.4 Å². The smallest absolute Gasteiger partial charge is 0.316 e. The first kappa shape index (κ1) is 15.9. The Morgan fingerprint density at radius 1 is 1.23 bits per heavy atom. The number of methoxy groups -OCH3 is 1. The molecular formula is C16H20N4O2. The summed E-state index contributed by atoms with van der Waals surface area (Å²) in [5, 5.41) is 0. The number of amides is 1. The van der Waals surface area contributed by atoms with E-state index in [0.29, 0.717) is 12.2 Å². The maximum absolute atomic E-state index is 12.8. The highest BCUT2D eigenvalue weighted by molar-refractivity contribution is 5.92. The third kappa shape index (κ3) is 3.39. The number of hydrogen-bond donors (Lipinski definition) is 0. The third-order valence-corrected chi connectivity index (χ3v) is 3.49. The Bertz CT molecular complexity index is 619. The van der Waals surface area contributed by atoms with E-state index in [0.717, 1.165) is 12.0 Å². The summed E-state index contributed by atoms with van der Waals surface area (Å²) in [5.41, 5.74) is 1.40. The molecule has 1 amide bonds. The predicted octanol–water partition coefficient (Wildman–Crippen LogP) is 2.49. The number of ether oxygens (including phenoxy) is 1. The van der Waals surface area contributed by atoms with Gasteiger partial charge >= 0.3 is 6.01 Å². The highest BCUT2D eigenvalue weighted by atomic mass is 16.5. The van der Waals surface area contributed by atoms with Gasteiger partial charge < -0.3 is 9.64 Å². The van der Waals surface area contributed by atoms with E-state index in [9.17, 15) is 4.79 Å². The lowest BCUT2D eigenvalue weighted by atomic mass is 10.0. The van der Waals surface area contributed by atoms with Crippen LogP contribution in [0, 0.1) is 0 Å². The van der Waals surface area contributed by atoms with Crippen molar-refractivity contribution in [2.45, 2.75) is 26.3 Å². The molecule has 0 spiro atoms. The van der Waals surface area contributed by atoms with Crippen LogP contribution in [0.2, 0.25) is 0 Å². The van der Waals surface area contributed by atoms with E-state index in [1.807, 2.05) is 19.1 Å².